The summed E-state index contributed by atoms with van der Waals surface area (Å²) < 4.78 is 15.6. The maximum atomic E-state index is 13.0. The van der Waals surface area contributed by atoms with Gasteiger partial charge in [-0.2, -0.15) is 5.10 Å². The summed E-state index contributed by atoms with van der Waals surface area (Å²) >= 11 is 3.38. The molecule has 18 heavy (non-hydrogen) atoms. The summed E-state index contributed by atoms with van der Waals surface area (Å²) in [5.74, 6) is -0.232. The fraction of sp³-hybridized carbons (Fsp3) is 0.308. The maximum Gasteiger partial charge on any atom is 0.124 e. The minimum atomic E-state index is -0.232. The third-order valence-electron chi connectivity index (χ3n) is 2.94. The van der Waals surface area contributed by atoms with E-state index >= 15 is 0 Å². The molecule has 0 saturated carbocycles. The molecule has 0 aliphatic heterocycles. The van der Waals surface area contributed by atoms with Crippen molar-refractivity contribution in [2.24, 2.45) is 7.05 Å². The second kappa shape index (κ2) is 5.63. The quantitative estimate of drug-likeness (QED) is 0.940. The van der Waals surface area contributed by atoms with Crippen LogP contribution in [0.2, 0.25) is 0 Å². The zero-order chi connectivity index (χ0) is 13.1. The number of nitrogens with one attached hydrogen (secondary N) is 1. The van der Waals surface area contributed by atoms with Crippen molar-refractivity contribution in [1.82, 2.24) is 15.1 Å². The highest BCUT2D eigenvalue weighted by molar-refractivity contribution is 9.10. The lowest BCUT2D eigenvalue weighted by molar-refractivity contribution is 0.544. The van der Waals surface area contributed by atoms with Crippen molar-refractivity contribution in [2.45, 2.75) is 19.5 Å². The van der Waals surface area contributed by atoms with Gasteiger partial charge in [0.25, 0.3) is 0 Å². The second-order valence-electron chi connectivity index (χ2n) is 4.21. The van der Waals surface area contributed by atoms with E-state index in [0.29, 0.717) is 0 Å². The molecule has 0 aliphatic carbocycles. The minimum absolute atomic E-state index is 0.134. The van der Waals surface area contributed by atoms with E-state index in [9.17, 15) is 4.39 Å². The third-order valence-corrected chi connectivity index (χ3v) is 3.63. The highest BCUT2D eigenvalue weighted by atomic mass is 79.9. The van der Waals surface area contributed by atoms with Crippen molar-refractivity contribution in [2.75, 3.05) is 0 Å². The molecule has 2 aromatic rings. The van der Waals surface area contributed by atoms with Gasteiger partial charge in [-0.1, -0.05) is 22.0 Å². The molecule has 0 spiro atoms. The van der Waals surface area contributed by atoms with Crippen LogP contribution in [-0.4, -0.2) is 9.78 Å². The van der Waals surface area contributed by atoms with Gasteiger partial charge in [-0.15, -0.1) is 0 Å². The Kier molecular flexibility index (Phi) is 4.14. The highest BCUT2D eigenvalue weighted by Crippen LogP contribution is 2.24. The lowest BCUT2D eigenvalue weighted by Crippen LogP contribution is -2.20. The van der Waals surface area contributed by atoms with Gasteiger partial charge < -0.3 is 5.32 Å². The summed E-state index contributed by atoms with van der Waals surface area (Å²) in [6, 6.07) is 6.86. The SMILES string of the molecule is CC(NCc1ccnn1C)c1ccc(F)cc1Br. The Balaban J connectivity index is 2.03. The molecule has 1 N–H and O–H groups in total. The van der Waals surface area contributed by atoms with Crippen molar-refractivity contribution < 1.29 is 4.39 Å². The number of aryl methyl sites for hydroxylation is 1. The molecule has 0 bridgehead atoms. The van der Waals surface area contributed by atoms with Crippen LogP contribution in [0, 0.1) is 5.82 Å². The van der Waals surface area contributed by atoms with E-state index < -0.39 is 0 Å². The Morgan fingerprint density at radius 3 is 2.83 bits per heavy atom. The van der Waals surface area contributed by atoms with Crippen LogP contribution in [0.25, 0.3) is 0 Å². The van der Waals surface area contributed by atoms with Crippen molar-refractivity contribution in [3.8, 4) is 0 Å². The fourth-order valence-corrected chi connectivity index (χ4v) is 2.49. The van der Waals surface area contributed by atoms with Crippen LogP contribution < -0.4 is 5.32 Å². The Bertz CT molecular complexity index is 539. The molecule has 0 fully saturated rings. The summed E-state index contributed by atoms with van der Waals surface area (Å²) in [5, 5.41) is 7.50. The van der Waals surface area contributed by atoms with Gasteiger partial charge in [0.2, 0.25) is 0 Å². The standard InChI is InChI=1S/C13H15BrFN3/c1-9(12-4-3-10(15)7-13(12)14)16-8-11-5-6-17-18(11)2/h3-7,9,16H,8H2,1-2H3. The number of hydrogen-bond acceptors (Lipinski definition) is 2. The smallest absolute Gasteiger partial charge is 0.124 e. The number of hydrogen-bond donors (Lipinski definition) is 1. The first kappa shape index (κ1) is 13.2. The maximum absolute atomic E-state index is 13.0. The van der Waals surface area contributed by atoms with E-state index in [2.05, 4.69) is 26.3 Å². The van der Waals surface area contributed by atoms with Gasteiger partial charge in [0.05, 0.1) is 5.69 Å². The first-order valence-corrected chi connectivity index (χ1v) is 6.52. The molecule has 1 aromatic heterocycles. The number of rotatable bonds is 4. The summed E-state index contributed by atoms with van der Waals surface area (Å²) in [6.07, 6.45) is 1.77. The average molecular weight is 312 g/mol. The van der Waals surface area contributed by atoms with Crippen LogP contribution in [0.3, 0.4) is 0 Å². The van der Waals surface area contributed by atoms with Gasteiger partial charge in [-0.25, -0.2) is 4.39 Å². The number of benzene rings is 1. The van der Waals surface area contributed by atoms with Gasteiger partial charge in [0, 0.05) is 30.3 Å². The Morgan fingerprint density at radius 2 is 2.22 bits per heavy atom. The molecule has 0 aliphatic rings. The first-order valence-electron chi connectivity index (χ1n) is 5.73. The molecular formula is C13H15BrFN3. The van der Waals surface area contributed by atoms with E-state index in [1.54, 1.807) is 12.3 Å². The van der Waals surface area contributed by atoms with Crippen LogP contribution in [0.1, 0.15) is 24.2 Å². The molecule has 1 aromatic carbocycles. The largest absolute Gasteiger partial charge is 0.305 e. The molecule has 1 unspecified atom stereocenters. The number of aromatic nitrogens is 2. The summed E-state index contributed by atoms with van der Waals surface area (Å²) in [4.78, 5) is 0. The van der Waals surface area contributed by atoms with Gasteiger partial charge in [-0.3, -0.25) is 4.68 Å². The highest BCUT2D eigenvalue weighted by Gasteiger charge is 2.10. The molecule has 0 amide bonds. The van der Waals surface area contributed by atoms with E-state index in [1.165, 1.54) is 12.1 Å². The van der Waals surface area contributed by atoms with Gasteiger partial charge in [-0.05, 0) is 30.7 Å². The van der Waals surface area contributed by atoms with E-state index in [4.69, 9.17) is 0 Å². The minimum Gasteiger partial charge on any atom is -0.305 e. The molecule has 96 valence electrons. The molecular weight excluding hydrogens is 297 g/mol. The predicted molar refractivity (Wildman–Crippen MR) is 72.6 cm³/mol. The van der Waals surface area contributed by atoms with Crippen molar-refractivity contribution in [3.63, 3.8) is 0 Å². The normalized spacial score (nSPS) is 12.7. The van der Waals surface area contributed by atoms with Crippen molar-refractivity contribution in [3.05, 3.63) is 52.0 Å². The zero-order valence-corrected chi connectivity index (χ0v) is 11.9. The molecule has 0 radical (unpaired) electrons. The van der Waals surface area contributed by atoms with E-state index in [1.807, 2.05) is 24.7 Å². The average Bonchev–Trinajstić information content (AvgIpc) is 2.72. The van der Waals surface area contributed by atoms with Crippen molar-refractivity contribution >= 4 is 15.9 Å². The summed E-state index contributed by atoms with van der Waals surface area (Å²) in [5.41, 5.74) is 2.15. The van der Waals surface area contributed by atoms with Crippen LogP contribution >= 0.6 is 15.9 Å². The Hall–Kier alpha value is -1.20. The zero-order valence-electron chi connectivity index (χ0n) is 10.3. The van der Waals surface area contributed by atoms with Gasteiger partial charge >= 0.3 is 0 Å². The number of halogens is 2. The summed E-state index contributed by atoms with van der Waals surface area (Å²) in [7, 11) is 1.91. The Morgan fingerprint density at radius 1 is 1.44 bits per heavy atom. The van der Waals surface area contributed by atoms with Crippen molar-refractivity contribution in [1.29, 1.82) is 0 Å². The van der Waals surface area contributed by atoms with E-state index in [-0.39, 0.29) is 11.9 Å². The lowest BCUT2D eigenvalue weighted by atomic mass is 10.1. The monoisotopic (exact) mass is 311 g/mol. The third kappa shape index (κ3) is 2.97. The molecule has 1 atom stereocenters. The lowest BCUT2D eigenvalue weighted by Gasteiger charge is -2.16. The Labute approximate surface area is 114 Å². The van der Waals surface area contributed by atoms with Gasteiger partial charge in [0.1, 0.15) is 5.82 Å². The molecule has 5 heteroatoms. The molecule has 2 rings (SSSR count). The van der Waals surface area contributed by atoms with E-state index in [0.717, 1.165) is 22.3 Å². The van der Waals surface area contributed by atoms with Crippen LogP contribution in [0.5, 0.6) is 0 Å². The summed E-state index contributed by atoms with van der Waals surface area (Å²) in [6.45, 7) is 2.77. The number of nitrogens with zero attached hydrogens (tertiary/aromatic N) is 2. The predicted octanol–water partition coefficient (Wildman–Crippen LogP) is 3.17. The molecule has 1 heterocycles. The first-order chi connectivity index (χ1) is 8.58. The topological polar surface area (TPSA) is 29.9 Å². The van der Waals surface area contributed by atoms with Gasteiger partial charge in [0.15, 0.2) is 0 Å². The molecule has 0 saturated heterocycles. The van der Waals surface area contributed by atoms with Crippen LogP contribution in [0.4, 0.5) is 4.39 Å². The fourth-order valence-electron chi connectivity index (χ4n) is 1.80. The molecule has 3 nitrogen and oxygen atoms in total. The van der Waals surface area contributed by atoms with Crippen LogP contribution in [-0.2, 0) is 13.6 Å². The van der Waals surface area contributed by atoms with Crippen LogP contribution in [0.15, 0.2) is 34.9 Å². The second-order valence-corrected chi connectivity index (χ2v) is 5.07.